The van der Waals surface area contributed by atoms with Crippen molar-refractivity contribution < 1.29 is 22.7 Å². The van der Waals surface area contributed by atoms with Gasteiger partial charge in [0.1, 0.15) is 5.00 Å². The van der Waals surface area contributed by atoms with Crippen molar-refractivity contribution in [2.24, 2.45) is 0 Å². The number of methoxy groups -OCH3 is 1. The van der Waals surface area contributed by atoms with Gasteiger partial charge in [-0.3, -0.25) is 4.68 Å². The van der Waals surface area contributed by atoms with Crippen LogP contribution in [0, 0.1) is 0 Å². The van der Waals surface area contributed by atoms with Crippen molar-refractivity contribution in [3.05, 3.63) is 32.4 Å². The number of carbonyl (C=O) groups is 1. The van der Waals surface area contributed by atoms with Gasteiger partial charge in [0.15, 0.2) is 10.8 Å². The van der Waals surface area contributed by atoms with Gasteiger partial charge in [-0.2, -0.15) is 18.3 Å². The molecule has 0 amide bonds. The highest BCUT2D eigenvalue weighted by Gasteiger charge is 2.41. The predicted molar refractivity (Wildman–Crippen MR) is 135 cm³/mol. The van der Waals surface area contributed by atoms with Crippen molar-refractivity contribution in [3.63, 3.8) is 0 Å². The van der Waals surface area contributed by atoms with E-state index >= 15 is 0 Å². The number of ether oxygens (including phenoxy) is 1. The monoisotopic (exact) mass is 548 g/mol. The summed E-state index contributed by atoms with van der Waals surface area (Å²) >= 11 is 13.0. The van der Waals surface area contributed by atoms with Crippen molar-refractivity contribution in [1.82, 2.24) is 15.1 Å². The van der Waals surface area contributed by atoms with Crippen LogP contribution in [0.1, 0.15) is 83.1 Å². The Labute approximate surface area is 216 Å². The molecule has 35 heavy (non-hydrogen) atoms. The van der Waals surface area contributed by atoms with E-state index in [9.17, 15) is 18.0 Å². The first-order chi connectivity index (χ1) is 16.7. The summed E-state index contributed by atoms with van der Waals surface area (Å²) in [5, 5.41) is 10.7. The van der Waals surface area contributed by atoms with Crippen LogP contribution in [0.25, 0.3) is 0 Å². The smallest absolute Gasteiger partial charge is 0.436 e. The number of aromatic nitrogens is 2. The van der Waals surface area contributed by atoms with E-state index in [1.165, 1.54) is 34.4 Å². The van der Waals surface area contributed by atoms with E-state index < -0.39 is 11.9 Å². The van der Waals surface area contributed by atoms with Crippen molar-refractivity contribution in [3.8, 4) is 0 Å². The topological polar surface area (TPSA) is 68.2 Å². The van der Waals surface area contributed by atoms with Gasteiger partial charge in [0, 0.05) is 23.9 Å². The van der Waals surface area contributed by atoms with E-state index in [4.69, 9.17) is 28.6 Å². The number of alkyl halides is 3. The molecule has 192 valence electrons. The molecule has 0 bridgehead atoms. The van der Waals surface area contributed by atoms with Crippen LogP contribution in [-0.2, 0) is 30.3 Å². The number of hydrogen-bond acceptors (Lipinski definition) is 5. The van der Waals surface area contributed by atoms with Gasteiger partial charge < -0.3 is 15.4 Å². The lowest BCUT2D eigenvalue weighted by Crippen LogP contribution is -2.30. The van der Waals surface area contributed by atoms with Gasteiger partial charge >= 0.3 is 12.1 Å². The summed E-state index contributed by atoms with van der Waals surface area (Å²) in [7, 11) is 1.37. The Morgan fingerprint density at radius 3 is 2.63 bits per heavy atom. The number of halogens is 4. The van der Waals surface area contributed by atoms with Crippen molar-refractivity contribution >= 4 is 51.2 Å². The Hall–Kier alpha value is -1.85. The van der Waals surface area contributed by atoms with Crippen molar-refractivity contribution in [2.45, 2.75) is 76.4 Å². The number of nitrogens with zero attached hydrogens (tertiary/aromatic N) is 2. The molecule has 2 heterocycles. The Morgan fingerprint density at radius 1 is 1.26 bits per heavy atom. The third-order valence-electron chi connectivity index (χ3n) is 6.28. The number of esters is 1. The summed E-state index contributed by atoms with van der Waals surface area (Å²) < 4.78 is 46.1. The Bertz CT molecular complexity index is 1100. The van der Waals surface area contributed by atoms with E-state index in [2.05, 4.69) is 15.7 Å². The number of thiocarbonyl (C=S) groups is 1. The van der Waals surface area contributed by atoms with Crippen LogP contribution in [0.15, 0.2) is 0 Å². The highest BCUT2D eigenvalue weighted by atomic mass is 35.5. The molecule has 0 unspecified atom stereocenters. The molecule has 0 atom stereocenters. The van der Waals surface area contributed by atoms with Gasteiger partial charge in [-0.1, -0.05) is 24.4 Å². The summed E-state index contributed by atoms with van der Waals surface area (Å²) in [4.78, 5) is 13.7. The molecule has 4 rings (SSSR count). The summed E-state index contributed by atoms with van der Waals surface area (Å²) in [6, 6.07) is 0. The van der Waals surface area contributed by atoms with Crippen LogP contribution < -0.4 is 10.6 Å². The molecule has 0 aromatic carbocycles. The number of fused-ring (bicyclic) bond motifs is 1. The maximum atomic E-state index is 13.2. The minimum atomic E-state index is -4.58. The molecule has 2 aromatic rings. The number of carbonyl (C=O) groups excluding carboxylic acids is 1. The van der Waals surface area contributed by atoms with Gasteiger partial charge in [-0.05, 0) is 62.7 Å². The lowest BCUT2D eigenvalue weighted by Gasteiger charge is -2.12. The predicted octanol–water partition coefficient (Wildman–Crippen LogP) is 6.32. The highest BCUT2D eigenvalue weighted by molar-refractivity contribution is 7.80. The molecule has 2 N–H and O–H groups in total. The standard InChI is InChI=1S/C23H28ClF3N4O2S2/c1-33-21(32)16-14-7-4-2-3-5-8-15(14)35-20(16)29-22(34)28-11-6-12-31-18(13-9-10-13)17(24)19(30-31)23(25,26)27/h13H,2-12H2,1H3,(H2,28,29,34). The number of hydrogen-bond donors (Lipinski definition) is 2. The fraction of sp³-hybridized carbons (Fsp3) is 0.609. The third-order valence-corrected chi connectivity index (χ3v) is 8.11. The summed E-state index contributed by atoms with van der Waals surface area (Å²) in [5.74, 6) is -0.339. The second kappa shape index (κ2) is 11.0. The van der Waals surface area contributed by atoms with Gasteiger partial charge in [0.25, 0.3) is 0 Å². The van der Waals surface area contributed by atoms with E-state index in [-0.39, 0.29) is 23.5 Å². The molecule has 0 radical (unpaired) electrons. The Morgan fingerprint density at radius 2 is 1.97 bits per heavy atom. The third kappa shape index (κ3) is 6.11. The second-order valence-corrected chi connectivity index (χ2v) is 10.8. The molecule has 2 aromatic heterocycles. The maximum absolute atomic E-state index is 13.2. The van der Waals surface area contributed by atoms with Gasteiger partial charge in [0.05, 0.1) is 23.4 Å². The van der Waals surface area contributed by atoms with Gasteiger partial charge in [0.2, 0.25) is 0 Å². The summed E-state index contributed by atoms with van der Waals surface area (Å²) in [5.41, 5.74) is 1.06. The van der Waals surface area contributed by atoms with Crippen LogP contribution in [0.5, 0.6) is 0 Å². The quantitative estimate of drug-likeness (QED) is 0.240. The van der Waals surface area contributed by atoms with Crippen LogP contribution in [-0.4, -0.2) is 34.5 Å². The summed E-state index contributed by atoms with van der Waals surface area (Å²) in [6.07, 6.45) is 3.79. The summed E-state index contributed by atoms with van der Waals surface area (Å²) in [6.45, 7) is 0.714. The largest absolute Gasteiger partial charge is 0.465 e. The fourth-order valence-electron chi connectivity index (χ4n) is 4.45. The van der Waals surface area contributed by atoms with E-state index in [0.29, 0.717) is 34.3 Å². The van der Waals surface area contributed by atoms with E-state index in [1.807, 2.05) is 0 Å². The molecule has 2 aliphatic carbocycles. The first-order valence-electron chi connectivity index (χ1n) is 11.8. The number of anilines is 1. The molecule has 1 fully saturated rings. The van der Waals surface area contributed by atoms with Crippen molar-refractivity contribution in [2.75, 3.05) is 19.0 Å². The average molecular weight is 549 g/mol. The zero-order valence-corrected chi connectivity index (χ0v) is 21.8. The van der Waals surface area contributed by atoms with Gasteiger partial charge in [-0.15, -0.1) is 11.3 Å². The molecule has 6 nitrogen and oxygen atoms in total. The molecule has 0 spiro atoms. The van der Waals surface area contributed by atoms with Crippen LogP contribution >= 0.6 is 35.2 Å². The number of thiophene rings is 1. The minimum absolute atomic E-state index is 0.0387. The number of rotatable bonds is 7. The zero-order valence-electron chi connectivity index (χ0n) is 19.4. The number of nitrogens with one attached hydrogen (secondary N) is 2. The van der Waals surface area contributed by atoms with Crippen LogP contribution in [0.2, 0.25) is 5.02 Å². The normalized spacial score (nSPS) is 16.3. The number of aryl methyl sites for hydroxylation is 2. The van der Waals surface area contributed by atoms with E-state index in [1.54, 1.807) is 0 Å². The molecule has 2 aliphatic rings. The second-order valence-electron chi connectivity index (χ2n) is 8.89. The van der Waals surface area contributed by atoms with Gasteiger partial charge in [-0.25, -0.2) is 4.79 Å². The zero-order chi connectivity index (χ0) is 25.2. The Kier molecular flexibility index (Phi) is 8.27. The lowest BCUT2D eigenvalue weighted by molar-refractivity contribution is -0.141. The Balaban J connectivity index is 1.37. The first kappa shape index (κ1) is 26.2. The molecular weight excluding hydrogens is 521 g/mol. The van der Waals surface area contributed by atoms with E-state index in [0.717, 1.165) is 50.5 Å². The SMILES string of the molecule is COC(=O)c1c(NC(=S)NCCCn2nc(C(F)(F)F)c(Cl)c2C2CC2)sc2c1CCCCCC2. The maximum Gasteiger partial charge on any atom is 0.436 e. The molecule has 12 heteroatoms. The van der Waals surface area contributed by atoms with Crippen LogP contribution in [0.3, 0.4) is 0 Å². The lowest BCUT2D eigenvalue weighted by atomic mass is 9.96. The first-order valence-corrected chi connectivity index (χ1v) is 13.4. The van der Waals surface area contributed by atoms with Crippen LogP contribution in [0.4, 0.5) is 18.2 Å². The molecule has 0 saturated heterocycles. The average Bonchev–Trinajstić information content (AvgIpc) is 3.48. The molecular formula is C23H28ClF3N4O2S2. The fourth-order valence-corrected chi connectivity index (χ4v) is 6.40. The van der Waals surface area contributed by atoms with Crippen molar-refractivity contribution in [1.29, 1.82) is 0 Å². The minimum Gasteiger partial charge on any atom is -0.465 e. The highest BCUT2D eigenvalue weighted by Crippen LogP contribution is 2.47. The molecule has 0 aliphatic heterocycles. The molecule has 1 saturated carbocycles.